The van der Waals surface area contributed by atoms with Crippen LogP contribution in [0.4, 0.5) is 0 Å². The number of nitrogens with zero attached hydrogens (tertiary/aromatic N) is 1. The molecule has 0 unspecified atom stereocenters. The van der Waals surface area contributed by atoms with Crippen molar-refractivity contribution < 1.29 is 19.1 Å². The van der Waals surface area contributed by atoms with Crippen LogP contribution in [0.5, 0.6) is 0 Å². The van der Waals surface area contributed by atoms with E-state index in [4.69, 9.17) is 0 Å². The Morgan fingerprint density at radius 2 is 2.25 bits per heavy atom. The van der Waals surface area contributed by atoms with Crippen molar-refractivity contribution >= 4 is 23.5 Å². The molecule has 0 aromatic heterocycles. The van der Waals surface area contributed by atoms with Crippen LogP contribution in [0.3, 0.4) is 0 Å². The van der Waals surface area contributed by atoms with E-state index in [0.717, 1.165) is 0 Å². The highest BCUT2D eigenvalue weighted by Crippen LogP contribution is 1.99. The standard InChI is InChI=1S/C9H13N3O4/c1-16-8(14)4-5-10-9(15)6-2-3-7(13)12-11-6/h2-5H2,1H3,(H,10,15)(H,12,13). The van der Waals surface area contributed by atoms with Crippen LogP contribution in [0.25, 0.3) is 0 Å². The van der Waals surface area contributed by atoms with Crippen LogP contribution in [-0.4, -0.2) is 37.1 Å². The normalized spacial score (nSPS) is 14.8. The van der Waals surface area contributed by atoms with Gasteiger partial charge in [-0.25, -0.2) is 5.43 Å². The number of amides is 2. The molecule has 7 nitrogen and oxygen atoms in total. The van der Waals surface area contributed by atoms with Crippen molar-refractivity contribution in [3.63, 3.8) is 0 Å². The summed E-state index contributed by atoms with van der Waals surface area (Å²) in [7, 11) is 1.28. The third-order valence-corrected chi connectivity index (χ3v) is 2.01. The molecule has 0 atom stereocenters. The quantitative estimate of drug-likeness (QED) is 0.598. The molecule has 0 saturated heterocycles. The Kier molecular flexibility index (Phi) is 4.43. The molecule has 0 aromatic carbocycles. The maximum absolute atomic E-state index is 11.4. The molecule has 1 heterocycles. The number of hydrazone groups is 1. The van der Waals surface area contributed by atoms with Crippen molar-refractivity contribution in [1.82, 2.24) is 10.7 Å². The van der Waals surface area contributed by atoms with Gasteiger partial charge in [0.25, 0.3) is 5.91 Å². The molecule has 88 valence electrons. The van der Waals surface area contributed by atoms with Gasteiger partial charge < -0.3 is 10.1 Å². The number of hydrogen-bond acceptors (Lipinski definition) is 5. The van der Waals surface area contributed by atoms with Gasteiger partial charge >= 0.3 is 5.97 Å². The third-order valence-electron chi connectivity index (χ3n) is 2.01. The summed E-state index contributed by atoms with van der Waals surface area (Å²) in [5, 5.41) is 6.13. The molecule has 16 heavy (non-hydrogen) atoms. The average molecular weight is 227 g/mol. The van der Waals surface area contributed by atoms with Crippen molar-refractivity contribution in [1.29, 1.82) is 0 Å². The Hall–Kier alpha value is -1.92. The molecular weight excluding hydrogens is 214 g/mol. The fourth-order valence-corrected chi connectivity index (χ4v) is 1.12. The lowest BCUT2D eigenvalue weighted by atomic mass is 10.1. The topological polar surface area (TPSA) is 96.9 Å². The summed E-state index contributed by atoms with van der Waals surface area (Å²) in [6.07, 6.45) is 0.682. The van der Waals surface area contributed by atoms with Crippen molar-refractivity contribution in [2.45, 2.75) is 19.3 Å². The van der Waals surface area contributed by atoms with Gasteiger partial charge in [-0.2, -0.15) is 5.10 Å². The van der Waals surface area contributed by atoms with Gasteiger partial charge in [0.15, 0.2) is 0 Å². The van der Waals surface area contributed by atoms with Crippen molar-refractivity contribution in [3.05, 3.63) is 0 Å². The minimum absolute atomic E-state index is 0.113. The Labute approximate surface area is 92.2 Å². The SMILES string of the molecule is COC(=O)CCNC(=O)C1=NNC(=O)CC1. The van der Waals surface area contributed by atoms with E-state index in [1.165, 1.54) is 7.11 Å². The average Bonchev–Trinajstić information content (AvgIpc) is 2.29. The molecule has 0 bridgehead atoms. The first-order chi connectivity index (χ1) is 7.63. The molecule has 1 aliphatic rings. The van der Waals surface area contributed by atoms with E-state index >= 15 is 0 Å². The van der Waals surface area contributed by atoms with Crippen LogP contribution in [0.1, 0.15) is 19.3 Å². The number of hydrogen-bond donors (Lipinski definition) is 2. The lowest BCUT2D eigenvalue weighted by Gasteiger charge is -2.11. The zero-order valence-corrected chi connectivity index (χ0v) is 8.91. The van der Waals surface area contributed by atoms with E-state index < -0.39 is 0 Å². The van der Waals surface area contributed by atoms with Crippen molar-refractivity contribution in [3.8, 4) is 0 Å². The van der Waals surface area contributed by atoms with Crippen LogP contribution in [0.2, 0.25) is 0 Å². The molecule has 2 amide bonds. The van der Waals surface area contributed by atoms with Crippen LogP contribution >= 0.6 is 0 Å². The summed E-state index contributed by atoms with van der Waals surface area (Å²) in [5.74, 6) is -0.964. The van der Waals surface area contributed by atoms with Crippen LogP contribution in [0, 0.1) is 0 Å². The first-order valence-electron chi connectivity index (χ1n) is 4.84. The molecule has 1 aliphatic heterocycles. The van der Waals surface area contributed by atoms with E-state index in [0.29, 0.717) is 6.42 Å². The number of carbonyl (C=O) groups excluding carboxylic acids is 3. The van der Waals surface area contributed by atoms with Crippen LogP contribution < -0.4 is 10.7 Å². The van der Waals surface area contributed by atoms with E-state index in [1.807, 2.05) is 0 Å². The molecule has 0 aromatic rings. The number of ether oxygens (including phenoxy) is 1. The minimum atomic E-state index is -0.390. The first-order valence-corrected chi connectivity index (χ1v) is 4.84. The lowest BCUT2D eigenvalue weighted by molar-refractivity contribution is -0.140. The maximum Gasteiger partial charge on any atom is 0.307 e. The molecule has 2 N–H and O–H groups in total. The predicted octanol–water partition coefficient (Wildman–Crippen LogP) is -1.07. The fraction of sp³-hybridized carbons (Fsp3) is 0.556. The van der Waals surface area contributed by atoms with Gasteiger partial charge in [-0.3, -0.25) is 14.4 Å². The van der Waals surface area contributed by atoms with E-state index in [9.17, 15) is 14.4 Å². The zero-order valence-electron chi connectivity index (χ0n) is 8.91. The maximum atomic E-state index is 11.4. The smallest absolute Gasteiger partial charge is 0.307 e. The van der Waals surface area contributed by atoms with Crippen molar-refractivity contribution in [2.24, 2.45) is 5.10 Å². The van der Waals surface area contributed by atoms with Crippen LogP contribution in [-0.2, 0) is 19.1 Å². The number of rotatable bonds is 4. The minimum Gasteiger partial charge on any atom is -0.469 e. The summed E-state index contributed by atoms with van der Waals surface area (Å²) < 4.78 is 4.41. The summed E-state index contributed by atoms with van der Waals surface area (Å²) in [5.41, 5.74) is 2.49. The number of esters is 1. The highest BCUT2D eigenvalue weighted by atomic mass is 16.5. The molecule has 0 saturated carbocycles. The van der Waals surface area contributed by atoms with Gasteiger partial charge in [0.1, 0.15) is 5.71 Å². The zero-order chi connectivity index (χ0) is 12.0. The van der Waals surface area contributed by atoms with E-state index in [1.54, 1.807) is 0 Å². The molecule has 0 fully saturated rings. The summed E-state index contributed by atoms with van der Waals surface area (Å²) in [4.78, 5) is 32.9. The predicted molar refractivity (Wildman–Crippen MR) is 54.5 cm³/mol. The number of methoxy groups -OCH3 is 1. The largest absolute Gasteiger partial charge is 0.469 e. The molecular formula is C9H13N3O4. The first kappa shape index (κ1) is 12.2. The van der Waals surface area contributed by atoms with Gasteiger partial charge in [0.2, 0.25) is 5.91 Å². The van der Waals surface area contributed by atoms with Crippen LogP contribution in [0.15, 0.2) is 5.10 Å². The monoisotopic (exact) mass is 227 g/mol. The molecule has 7 heteroatoms. The summed E-state index contributed by atoms with van der Waals surface area (Å²) >= 11 is 0. The van der Waals surface area contributed by atoms with Gasteiger partial charge in [-0.1, -0.05) is 0 Å². The van der Waals surface area contributed by atoms with Gasteiger partial charge in [0.05, 0.1) is 13.5 Å². The lowest BCUT2D eigenvalue weighted by Crippen LogP contribution is -2.37. The fourth-order valence-electron chi connectivity index (χ4n) is 1.12. The second kappa shape index (κ2) is 5.84. The highest BCUT2D eigenvalue weighted by Gasteiger charge is 2.17. The Morgan fingerprint density at radius 1 is 1.50 bits per heavy atom. The number of nitrogens with one attached hydrogen (secondary N) is 2. The highest BCUT2D eigenvalue weighted by molar-refractivity contribution is 6.39. The Balaban J connectivity index is 2.30. The van der Waals surface area contributed by atoms with E-state index in [-0.39, 0.29) is 42.9 Å². The molecule has 0 aliphatic carbocycles. The van der Waals surface area contributed by atoms with Gasteiger partial charge in [-0.05, 0) is 0 Å². The van der Waals surface area contributed by atoms with Crippen molar-refractivity contribution in [2.75, 3.05) is 13.7 Å². The Bertz CT molecular complexity index is 338. The van der Waals surface area contributed by atoms with Gasteiger partial charge in [0, 0.05) is 19.4 Å². The molecule has 0 spiro atoms. The number of carbonyl (C=O) groups is 3. The third kappa shape index (κ3) is 3.68. The Morgan fingerprint density at radius 3 is 2.81 bits per heavy atom. The second-order valence-corrected chi connectivity index (χ2v) is 3.18. The molecule has 1 rings (SSSR count). The summed E-state index contributed by atoms with van der Waals surface area (Å²) in [6.45, 7) is 0.193. The molecule has 0 radical (unpaired) electrons. The van der Waals surface area contributed by atoms with E-state index in [2.05, 4.69) is 20.6 Å². The second-order valence-electron chi connectivity index (χ2n) is 3.18. The van der Waals surface area contributed by atoms with Gasteiger partial charge in [-0.15, -0.1) is 0 Å². The summed E-state index contributed by atoms with van der Waals surface area (Å²) in [6, 6.07) is 0.